The number of fused-ring (bicyclic) bond motifs is 2. The van der Waals surface area contributed by atoms with Gasteiger partial charge >= 0.3 is 6.09 Å². The van der Waals surface area contributed by atoms with Crippen molar-refractivity contribution in [3.63, 3.8) is 0 Å². The van der Waals surface area contributed by atoms with Crippen molar-refractivity contribution in [3.8, 4) is 0 Å². The van der Waals surface area contributed by atoms with Gasteiger partial charge in [0.2, 0.25) is 0 Å². The lowest BCUT2D eigenvalue weighted by Crippen LogP contribution is -2.59. The maximum Gasteiger partial charge on any atom is 0.410 e. The molecule has 2 atom stereocenters. The Labute approximate surface area is 106 Å². The van der Waals surface area contributed by atoms with Crippen LogP contribution in [0.3, 0.4) is 0 Å². The number of carbonyl (C=O) groups excluding carboxylic acids is 1. The molecule has 96 valence electrons. The highest BCUT2D eigenvalue weighted by molar-refractivity contribution is 5.68. The van der Waals surface area contributed by atoms with Crippen LogP contribution in [-0.2, 0) is 11.3 Å². The number of aliphatic hydroxyl groups is 1. The van der Waals surface area contributed by atoms with E-state index < -0.39 is 0 Å². The van der Waals surface area contributed by atoms with Crippen LogP contribution in [0.15, 0.2) is 30.3 Å². The van der Waals surface area contributed by atoms with Gasteiger partial charge in [-0.2, -0.15) is 0 Å². The average Bonchev–Trinajstić information content (AvgIpc) is 2.45. The number of benzene rings is 1. The predicted molar refractivity (Wildman–Crippen MR) is 65.8 cm³/mol. The molecule has 1 aliphatic carbocycles. The summed E-state index contributed by atoms with van der Waals surface area (Å²) in [5, 5.41) is 9.66. The van der Waals surface area contributed by atoms with Crippen molar-refractivity contribution in [2.24, 2.45) is 11.8 Å². The van der Waals surface area contributed by atoms with Gasteiger partial charge in [0.05, 0.1) is 6.10 Å². The maximum absolute atomic E-state index is 11.9. The highest BCUT2D eigenvalue weighted by Crippen LogP contribution is 2.39. The third kappa shape index (κ3) is 2.08. The third-order valence-corrected chi connectivity index (χ3v) is 3.94. The summed E-state index contributed by atoms with van der Waals surface area (Å²) in [6.45, 7) is 1.57. The van der Waals surface area contributed by atoms with E-state index in [0.29, 0.717) is 19.7 Å². The van der Waals surface area contributed by atoms with Crippen LogP contribution < -0.4 is 0 Å². The molecule has 2 aliphatic heterocycles. The first-order valence-electron chi connectivity index (χ1n) is 6.38. The van der Waals surface area contributed by atoms with Crippen molar-refractivity contribution in [3.05, 3.63) is 35.9 Å². The van der Waals surface area contributed by atoms with Crippen molar-refractivity contribution < 1.29 is 14.6 Å². The molecular weight excluding hydrogens is 230 g/mol. The van der Waals surface area contributed by atoms with E-state index in [1.807, 2.05) is 30.3 Å². The van der Waals surface area contributed by atoms with Gasteiger partial charge in [-0.05, 0) is 12.0 Å². The molecule has 4 nitrogen and oxygen atoms in total. The largest absolute Gasteiger partial charge is 0.445 e. The van der Waals surface area contributed by atoms with E-state index in [1.54, 1.807) is 4.90 Å². The van der Waals surface area contributed by atoms with Crippen LogP contribution in [-0.4, -0.2) is 35.3 Å². The maximum atomic E-state index is 11.9. The molecule has 0 radical (unpaired) electrons. The molecule has 2 heterocycles. The Balaban J connectivity index is 1.51. The van der Waals surface area contributed by atoms with Crippen LogP contribution in [0.4, 0.5) is 4.79 Å². The van der Waals surface area contributed by atoms with Gasteiger partial charge in [0.25, 0.3) is 0 Å². The molecule has 0 spiro atoms. The molecule has 1 amide bonds. The number of piperidine rings is 2. The second-order valence-electron chi connectivity index (χ2n) is 5.19. The smallest absolute Gasteiger partial charge is 0.410 e. The Morgan fingerprint density at radius 1 is 1.28 bits per heavy atom. The number of amides is 1. The summed E-state index contributed by atoms with van der Waals surface area (Å²) in [4.78, 5) is 13.6. The molecule has 3 fully saturated rings. The van der Waals surface area contributed by atoms with Crippen molar-refractivity contribution in [1.82, 2.24) is 4.90 Å². The first kappa shape index (κ1) is 11.5. The summed E-state index contributed by atoms with van der Waals surface area (Å²) in [5.41, 5.74) is 0.994. The number of rotatable bonds is 2. The van der Waals surface area contributed by atoms with Gasteiger partial charge in [-0.25, -0.2) is 4.79 Å². The number of ether oxygens (including phenoxy) is 1. The lowest BCUT2D eigenvalue weighted by atomic mass is 9.68. The van der Waals surface area contributed by atoms with E-state index in [0.717, 1.165) is 12.0 Å². The Morgan fingerprint density at radius 2 is 1.94 bits per heavy atom. The molecule has 4 rings (SSSR count). The van der Waals surface area contributed by atoms with Crippen molar-refractivity contribution >= 4 is 6.09 Å². The standard InChI is InChI=1S/C14H17NO3/c16-13-11-6-12(13)8-15(7-11)14(17)18-9-10-4-2-1-3-5-10/h1-5,11-13,16H,6-9H2/t11-,12-/m0/s1. The Kier molecular flexibility index (Phi) is 2.96. The van der Waals surface area contributed by atoms with Gasteiger partial charge < -0.3 is 14.7 Å². The first-order valence-corrected chi connectivity index (χ1v) is 6.38. The normalized spacial score (nSPS) is 29.6. The second kappa shape index (κ2) is 4.61. The highest BCUT2D eigenvalue weighted by Gasteiger charge is 2.47. The van der Waals surface area contributed by atoms with E-state index in [4.69, 9.17) is 4.74 Å². The molecule has 1 N–H and O–H groups in total. The fourth-order valence-corrected chi connectivity index (χ4v) is 2.82. The number of aliphatic hydroxyl groups excluding tert-OH is 1. The third-order valence-electron chi connectivity index (χ3n) is 3.94. The predicted octanol–water partition coefficient (Wildman–Crippen LogP) is 1.64. The summed E-state index contributed by atoms with van der Waals surface area (Å²) >= 11 is 0. The van der Waals surface area contributed by atoms with Gasteiger partial charge in [0.1, 0.15) is 6.61 Å². The molecule has 0 aromatic heterocycles. The van der Waals surface area contributed by atoms with E-state index in [9.17, 15) is 9.90 Å². The molecule has 4 heteroatoms. The Morgan fingerprint density at radius 3 is 2.56 bits per heavy atom. The molecular formula is C14H17NO3. The monoisotopic (exact) mass is 247 g/mol. The zero-order valence-corrected chi connectivity index (χ0v) is 10.2. The molecule has 18 heavy (non-hydrogen) atoms. The van der Waals surface area contributed by atoms with Crippen molar-refractivity contribution in [2.45, 2.75) is 19.1 Å². The number of hydrogen-bond donors (Lipinski definition) is 1. The van der Waals surface area contributed by atoms with Gasteiger partial charge in [-0.1, -0.05) is 30.3 Å². The molecule has 1 aromatic rings. The average molecular weight is 247 g/mol. The zero-order chi connectivity index (χ0) is 12.5. The minimum atomic E-state index is -0.263. The van der Waals surface area contributed by atoms with Crippen LogP contribution in [0.5, 0.6) is 0 Å². The minimum Gasteiger partial charge on any atom is -0.445 e. The molecule has 2 bridgehead atoms. The molecule has 1 saturated carbocycles. The second-order valence-corrected chi connectivity index (χ2v) is 5.19. The van der Waals surface area contributed by atoms with Crippen molar-refractivity contribution in [2.75, 3.05) is 13.1 Å². The number of hydrogen-bond acceptors (Lipinski definition) is 3. The minimum absolute atomic E-state index is 0.205. The summed E-state index contributed by atoms with van der Waals surface area (Å²) in [6, 6.07) is 9.66. The van der Waals surface area contributed by atoms with Gasteiger partial charge in [-0.15, -0.1) is 0 Å². The summed E-state index contributed by atoms with van der Waals surface area (Å²) in [5.74, 6) is 0.515. The van der Waals surface area contributed by atoms with E-state index in [-0.39, 0.29) is 24.0 Å². The lowest BCUT2D eigenvalue weighted by Gasteiger charge is -2.50. The molecule has 1 aromatic carbocycles. The lowest BCUT2D eigenvalue weighted by molar-refractivity contribution is -0.102. The van der Waals surface area contributed by atoms with Crippen LogP contribution >= 0.6 is 0 Å². The quantitative estimate of drug-likeness (QED) is 0.864. The highest BCUT2D eigenvalue weighted by atomic mass is 16.6. The van der Waals surface area contributed by atoms with Gasteiger partial charge in [-0.3, -0.25) is 0 Å². The topological polar surface area (TPSA) is 49.8 Å². The van der Waals surface area contributed by atoms with Crippen LogP contribution in [0.25, 0.3) is 0 Å². The van der Waals surface area contributed by atoms with Crippen LogP contribution in [0.1, 0.15) is 12.0 Å². The van der Waals surface area contributed by atoms with E-state index in [2.05, 4.69) is 0 Å². The fourth-order valence-electron chi connectivity index (χ4n) is 2.82. The van der Waals surface area contributed by atoms with Crippen LogP contribution in [0.2, 0.25) is 0 Å². The Bertz CT molecular complexity index is 422. The molecule has 0 unspecified atom stereocenters. The van der Waals surface area contributed by atoms with E-state index >= 15 is 0 Å². The molecule has 3 aliphatic rings. The summed E-state index contributed by atoms with van der Waals surface area (Å²) < 4.78 is 5.28. The first-order chi connectivity index (χ1) is 8.74. The summed E-state index contributed by atoms with van der Waals surface area (Å²) in [6.07, 6.45) is 0.576. The van der Waals surface area contributed by atoms with Gasteiger partial charge in [0.15, 0.2) is 0 Å². The summed E-state index contributed by atoms with van der Waals surface area (Å²) in [7, 11) is 0. The SMILES string of the molecule is O=C(OCc1ccccc1)N1C[C@@H]2C[C@@H](C1)C2O. The van der Waals surface area contributed by atoms with Crippen LogP contribution in [0, 0.1) is 11.8 Å². The molecule has 2 saturated heterocycles. The van der Waals surface area contributed by atoms with Gasteiger partial charge in [0, 0.05) is 24.9 Å². The number of nitrogens with zero attached hydrogens (tertiary/aromatic N) is 1. The number of carbonyl (C=O) groups is 1. The Hall–Kier alpha value is -1.55. The zero-order valence-electron chi connectivity index (χ0n) is 10.2. The fraction of sp³-hybridized carbons (Fsp3) is 0.500. The van der Waals surface area contributed by atoms with E-state index in [1.165, 1.54) is 0 Å². The van der Waals surface area contributed by atoms with Crippen molar-refractivity contribution in [1.29, 1.82) is 0 Å².